The lowest BCUT2D eigenvalue weighted by molar-refractivity contribution is 0.140. The maximum atomic E-state index is 12.2. The van der Waals surface area contributed by atoms with Crippen LogP contribution in [0.4, 0.5) is 14.5 Å². The van der Waals surface area contributed by atoms with Crippen LogP contribution in [0, 0.1) is 0 Å². The minimum absolute atomic E-state index is 0.133. The van der Waals surface area contributed by atoms with Crippen molar-refractivity contribution < 1.29 is 13.5 Å². The molecule has 0 amide bonds. The van der Waals surface area contributed by atoms with Crippen LogP contribution in [0.2, 0.25) is 0 Å². The number of piperidine rings is 1. The van der Waals surface area contributed by atoms with Crippen molar-refractivity contribution in [2.75, 3.05) is 31.6 Å². The van der Waals surface area contributed by atoms with E-state index in [4.69, 9.17) is 4.74 Å². The zero-order valence-electron chi connectivity index (χ0n) is 11.1. The fraction of sp³-hybridized carbons (Fsp3) is 0.571. The number of hydrogen-bond donors (Lipinski definition) is 1. The Hall–Kier alpha value is -1.36. The van der Waals surface area contributed by atoms with E-state index in [-0.39, 0.29) is 12.6 Å². The van der Waals surface area contributed by atoms with Crippen LogP contribution in [0.15, 0.2) is 24.3 Å². The SMILES string of the molecule is COc1cccc(N2CCCC(NCC(F)F)C2)c1. The normalized spacial score (nSPS) is 19.8. The lowest BCUT2D eigenvalue weighted by Gasteiger charge is -2.35. The van der Waals surface area contributed by atoms with E-state index in [2.05, 4.69) is 10.2 Å². The molecule has 0 bridgehead atoms. The highest BCUT2D eigenvalue weighted by atomic mass is 19.3. The monoisotopic (exact) mass is 270 g/mol. The van der Waals surface area contributed by atoms with Crippen molar-refractivity contribution in [1.82, 2.24) is 5.32 Å². The molecular formula is C14H20F2N2O. The van der Waals surface area contributed by atoms with E-state index in [9.17, 15) is 8.78 Å². The predicted molar refractivity (Wildman–Crippen MR) is 72.2 cm³/mol. The molecule has 0 spiro atoms. The molecule has 1 atom stereocenters. The van der Waals surface area contributed by atoms with Crippen LogP contribution in [-0.4, -0.2) is 39.2 Å². The lowest BCUT2D eigenvalue weighted by atomic mass is 10.0. The summed E-state index contributed by atoms with van der Waals surface area (Å²) < 4.78 is 29.6. The average Bonchev–Trinajstić information content (AvgIpc) is 2.45. The average molecular weight is 270 g/mol. The summed E-state index contributed by atoms with van der Waals surface area (Å²) in [7, 11) is 1.64. The Balaban J connectivity index is 1.96. The van der Waals surface area contributed by atoms with Crippen molar-refractivity contribution in [3.05, 3.63) is 24.3 Å². The molecule has 1 aliphatic heterocycles. The molecule has 5 heteroatoms. The smallest absolute Gasteiger partial charge is 0.250 e. The Kier molecular flexibility index (Phi) is 4.96. The first-order valence-electron chi connectivity index (χ1n) is 6.59. The largest absolute Gasteiger partial charge is 0.497 e. The molecule has 1 fully saturated rings. The minimum Gasteiger partial charge on any atom is -0.497 e. The van der Waals surface area contributed by atoms with Gasteiger partial charge in [0.15, 0.2) is 0 Å². The molecule has 19 heavy (non-hydrogen) atoms. The fourth-order valence-electron chi connectivity index (χ4n) is 2.44. The van der Waals surface area contributed by atoms with Gasteiger partial charge in [-0.25, -0.2) is 8.78 Å². The maximum Gasteiger partial charge on any atom is 0.250 e. The van der Waals surface area contributed by atoms with E-state index in [1.165, 1.54) is 0 Å². The molecular weight excluding hydrogens is 250 g/mol. The number of ether oxygens (including phenoxy) is 1. The molecule has 1 saturated heterocycles. The third-order valence-electron chi connectivity index (χ3n) is 3.40. The Bertz CT molecular complexity index is 401. The second-order valence-corrected chi connectivity index (χ2v) is 4.79. The molecule has 0 aromatic heterocycles. The van der Waals surface area contributed by atoms with Crippen molar-refractivity contribution in [1.29, 1.82) is 0 Å². The lowest BCUT2D eigenvalue weighted by Crippen LogP contribution is -2.47. The van der Waals surface area contributed by atoms with Crippen LogP contribution < -0.4 is 15.0 Å². The third-order valence-corrected chi connectivity index (χ3v) is 3.40. The van der Waals surface area contributed by atoms with Gasteiger partial charge >= 0.3 is 0 Å². The van der Waals surface area contributed by atoms with Gasteiger partial charge in [0.25, 0.3) is 6.43 Å². The molecule has 3 nitrogen and oxygen atoms in total. The van der Waals surface area contributed by atoms with E-state index < -0.39 is 6.43 Å². The molecule has 1 aromatic rings. The summed E-state index contributed by atoms with van der Waals surface area (Å²) in [4.78, 5) is 2.22. The van der Waals surface area contributed by atoms with Gasteiger partial charge in [0, 0.05) is 30.9 Å². The molecule has 106 valence electrons. The Labute approximate surface area is 112 Å². The van der Waals surface area contributed by atoms with Gasteiger partial charge in [-0.2, -0.15) is 0 Å². The van der Waals surface area contributed by atoms with Crippen LogP contribution in [0.5, 0.6) is 5.75 Å². The highest BCUT2D eigenvalue weighted by molar-refractivity contribution is 5.51. The Morgan fingerprint density at radius 1 is 1.47 bits per heavy atom. The number of nitrogens with zero attached hydrogens (tertiary/aromatic N) is 1. The highest BCUT2D eigenvalue weighted by Gasteiger charge is 2.20. The molecule has 0 saturated carbocycles. The van der Waals surface area contributed by atoms with Crippen molar-refractivity contribution in [3.8, 4) is 5.75 Å². The van der Waals surface area contributed by atoms with Gasteiger partial charge in [-0.1, -0.05) is 6.07 Å². The van der Waals surface area contributed by atoms with E-state index >= 15 is 0 Å². The fourth-order valence-corrected chi connectivity index (χ4v) is 2.44. The molecule has 1 aliphatic rings. The van der Waals surface area contributed by atoms with Gasteiger partial charge < -0.3 is 15.0 Å². The first kappa shape index (κ1) is 14.1. The quantitative estimate of drug-likeness (QED) is 0.889. The van der Waals surface area contributed by atoms with Crippen LogP contribution >= 0.6 is 0 Å². The maximum absolute atomic E-state index is 12.2. The summed E-state index contributed by atoms with van der Waals surface area (Å²) in [5.41, 5.74) is 1.09. The molecule has 1 aromatic carbocycles. The van der Waals surface area contributed by atoms with Crippen LogP contribution in [0.1, 0.15) is 12.8 Å². The number of anilines is 1. The second-order valence-electron chi connectivity index (χ2n) is 4.79. The Morgan fingerprint density at radius 2 is 2.32 bits per heavy atom. The van der Waals surface area contributed by atoms with Gasteiger partial charge in [-0.15, -0.1) is 0 Å². The molecule has 1 unspecified atom stereocenters. The van der Waals surface area contributed by atoms with Gasteiger partial charge in [0.05, 0.1) is 13.7 Å². The summed E-state index contributed by atoms with van der Waals surface area (Å²) >= 11 is 0. The summed E-state index contributed by atoms with van der Waals surface area (Å²) in [6.07, 6.45) is -0.321. The van der Waals surface area contributed by atoms with Crippen molar-refractivity contribution in [2.24, 2.45) is 0 Å². The van der Waals surface area contributed by atoms with Crippen LogP contribution in [0.25, 0.3) is 0 Å². The topological polar surface area (TPSA) is 24.5 Å². The minimum atomic E-state index is -2.29. The number of alkyl halides is 2. The zero-order valence-corrected chi connectivity index (χ0v) is 11.1. The zero-order chi connectivity index (χ0) is 13.7. The molecule has 0 radical (unpaired) electrons. The van der Waals surface area contributed by atoms with E-state index in [0.717, 1.165) is 37.4 Å². The first-order valence-corrected chi connectivity index (χ1v) is 6.59. The summed E-state index contributed by atoms with van der Waals surface area (Å²) in [6, 6.07) is 7.99. The number of rotatable bonds is 5. The van der Waals surface area contributed by atoms with E-state index in [1.54, 1.807) is 7.11 Å². The van der Waals surface area contributed by atoms with Gasteiger partial charge in [0.2, 0.25) is 0 Å². The number of hydrogen-bond acceptors (Lipinski definition) is 3. The second kappa shape index (κ2) is 6.70. The van der Waals surface area contributed by atoms with Crippen LogP contribution in [-0.2, 0) is 0 Å². The molecule has 1 heterocycles. The van der Waals surface area contributed by atoms with Crippen molar-refractivity contribution in [2.45, 2.75) is 25.3 Å². The summed E-state index contributed by atoms with van der Waals surface area (Å²) in [5, 5.41) is 2.93. The standard InChI is InChI=1S/C14H20F2N2O/c1-19-13-6-2-5-12(8-13)18-7-3-4-11(10-18)17-9-14(15)16/h2,5-6,8,11,14,17H,3-4,7,9-10H2,1H3. The molecule has 2 rings (SSSR count). The van der Waals surface area contributed by atoms with Gasteiger partial charge in [-0.3, -0.25) is 0 Å². The van der Waals surface area contributed by atoms with Crippen molar-refractivity contribution in [3.63, 3.8) is 0 Å². The van der Waals surface area contributed by atoms with Gasteiger partial charge in [0.1, 0.15) is 5.75 Å². The number of methoxy groups -OCH3 is 1. The molecule has 0 aliphatic carbocycles. The number of halogens is 2. The van der Waals surface area contributed by atoms with E-state index in [0.29, 0.717) is 0 Å². The van der Waals surface area contributed by atoms with E-state index in [1.807, 2.05) is 24.3 Å². The molecule has 1 N–H and O–H groups in total. The highest BCUT2D eigenvalue weighted by Crippen LogP contribution is 2.24. The van der Waals surface area contributed by atoms with Gasteiger partial charge in [-0.05, 0) is 25.0 Å². The Morgan fingerprint density at radius 3 is 3.05 bits per heavy atom. The summed E-state index contributed by atoms with van der Waals surface area (Å²) in [5.74, 6) is 0.820. The first-order chi connectivity index (χ1) is 9.19. The summed E-state index contributed by atoms with van der Waals surface area (Å²) in [6.45, 7) is 1.50. The number of benzene rings is 1. The number of nitrogens with one attached hydrogen (secondary N) is 1. The van der Waals surface area contributed by atoms with Crippen LogP contribution in [0.3, 0.4) is 0 Å². The van der Waals surface area contributed by atoms with Crippen molar-refractivity contribution >= 4 is 5.69 Å². The third kappa shape index (κ3) is 4.06. The predicted octanol–water partition coefficient (Wildman–Crippen LogP) is 2.52.